The van der Waals surface area contributed by atoms with Gasteiger partial charge in [-0.25, -0.2) is 0 Å². The highest BCUT2D eigenvalue weighted by Gasteiger charge is 2.26. The van der Waals surface area contributed by atoms with Crippen LogP contribution in [0.25, 0.3) is 10.9 Å². The highest BCUT2D eigenvalue weighted by molar-refractivity contribution is 8.14. The van der Waals surface area contributed by atoms with E-state index in [1.165, 1.54) is 0 Å². The summed E-state index contributed by atoms with van der Waals surface area (Å²) in [5.74, 6) is -1.44. The molecule has 0 bridgehead atoms. The van der Waals surface area contributed by atoms with Crippen LogP contribution in [0.15, 0.2) is 91.1 Å². The number of aromatic amines is 1. The van der Waals surface area contributed by atoms with Gasteiger partial charge in [-0.15, -0.1) is 0 Å². The SMILES string of the molecule is O=C(SCC(CN[C@H](Cc1c[nH]c2ccccc12)C(=O)O)C(=O)c1ccccc1)c1ccccc1. The predicted molar refractivity (Wildman–Crippen MR) is 139 cm³/mol. The number of thioether (sulfide) groups is 1. The van der Waals surface area contributed by atoms with Gasteiger partial charge in [0.2, 0.25) is 5.12 Å². The number of hydrogen-bond donors (Lipinski definition) is 3. The molecular weight excluding hydrogens is 460 g/mol. The molecule has 3 N–H and O–H groups in total. The van der Waals surface area contributed by atoms with Crippen molar-refractivity contribution in [1.82, 2.24) is 10.3 Å². The molecule has 35 heavy (non-hydrogen) atoms. The second-order valence-electron chi connectivity index (χ2n) is 8.25. The van der Waals surface area contributed by atoms with E-state index in [-0.39, 0.29) is 29.6 Å². The van der Waals surface area contributed by atoms with Gasteiger partial charge in [0.15, 0.2) is 5.78 Å². The van der Waals surface area contributed by atoms with Crippen LogP contribution in [0.5, 0.6) is 0 Å². The molecule has 1 aromatic heterocycles. The predicted octanol–water partition coefficient (Wildman–Crippen LogP) is 4.83. The van der Waals surface area contributed by atoms with Gasteiger partial charge in [-0.05, 0) is 11.6 Å². The Morgan fingerprint density at radius 1 is 0.857 bits per heavy atom. The lowest BCUT2D eigenvalue weighted by Gasteiger charge is -2.20. The molecule has 1 heterocycles. The Morgan fingerprint density at radius 3 is 2.17 bits per heavy atom. The molecule has 0 radical (unpaired) electrons. The van der Waals surface area contributed by atoms with E-state index in [0.717, 1.165) is 28.2 Å². The van der Waals surface area contributed by atoms with Crippen LogP contribution in [-0.4, -0.2) is 45.3 Å². The minimum atomic E-state index is -0.991. The Hall–Kier alpha value is -3.68. The monoisotopic (exact) mass is 486 g/mol. The zero-order chi connectivity index (χ0) is 24.6. The third-order valence-corrected chi connectivity index (χ3v) is 6.93. The maximum Gasteiger partial charge on any atom is 0.321 e. The Morgan fingerprint density at radius 2 is 1.49 bits per heavy atom. The Balaban J connectivity index is 1.47. The van der Waals surface area contributed by atoms with Crippen LogP contribution in [0, 0.1) is 5.92 Å². The number of benzene rings is 3. The van der Waals surface area contributed by atoms with Crippen LogP contribution in [0.3, 0.4) is 0 Å². The van der Waals surface area contributed by atoms with Crippen molar-refractivity contribution in [1.29, 1.82) is 0 Å². The molecule has 0 saturated carbocycles. The fourth-order valence-electron chi connectivity index (χ4n) is 3.95. The molecule has 3 aromatic carbocycles. The number of aliphatic carboxylic acids is 1. The van der Waals surface area contributed by atoms with Crippen molar-refractivity contribution in [3.8, 4) is 0 Å². The number of para-hydroxylation sites is 1. The van der Waals surface area contributed by atoms with Gasteiger partial charge in [0.25, 0.3) is 0 Å². The summed E-state index contributed by atoms with van der Waals surface area (Å²) in [6, 6.07) is 24.6. The Kier molecular flexibility index (Phi) is 8.13. The van der Waals surface area contributed by atoms with E-state index in [1.807, 2.05) is 42.6 Å². The van der Waals surface area contributed by atoms with Gasteiger partial charge in [0, 0.05) is 52.9 Å². The third-order valence-electron chi connectivity index (χ3n) is 5.86. The summed E-state index contributed by atoms with van der Waals surface area (Å²) >= 11 is 1.08. The number of aromatic nitrogens is 1. The highest BCUT2D eigenvalue weighted by atomic mass is 32.2. The van der Waals surface area contributed by atoms with Crippen LogP contribution < -0.4 is 5.32 Å². The van der Waals surface area contributed by atoms with Gasteiger partial charge >= 0.3 is 5.97 Å². The largest absolute Gasteiger partial charge is 0.480 e. The van der Waals surface area contributed by atoms with Crippen LogP contribution in [0.4, 0.5) is 0 Å². The number of rotatable bonds is 11. The minimum absolute atomic E-state index is 0.120. The normalized spacial score (nSPS) is 12.8. The third kappa shape index (κ3) is 6.26. The number of carboxylic acid groups (broad SMARTS) is 1. The van der Waals surface area contributed by atoms with E-state index < -0.39 is 17.9 Å². The van der Waals surface area contributed by atoms with Crippen molar-refractivity contribution in [2.75, 3.05) is 12.3 Å². The minimum Gasteiger partial charge on any atom is -0.480 e. The molecule has 4 aromatic rings. The molecule has 0 saturated heterocycles. The standard InChI is InChI=1S/C28H26N2O4S/c31-26(19-9-3-1-4-10-19)22(18-35-28(34)20-11-5-2-6-12-20)17-30-25(27(32)33)15-21-16-29-24-14-8-7-13-23(21)24/h1-14,16,22,25,29-30H,15,17-18H2,(H,32,33)/t22?,25-/m1/s1. The molecule has 178 valence electrons. The fourth-order valence-corrected chi connectivity index (χ4v) is 4.88. The number of carboxylic acids is 1. The van der Waals surface area contributed by atoms with Gasteiger partial charge in [0.05, 0.1) is 0 Å². The molecule has 7 heteroatoms. The van der Waals surface area contributed by atoms with Crippen molar-refractivity contribution in [2.45, 2.75) is 12.5 Å². The summed E-state index contributed by atoms with van der Waals surface area (Å²) in [4.78, 5) is 41.1. The van der Waals surface area contributed by atoms with E-state index in [0.29, 0.717) is 11.1 Å². The van der Waals surface area contributed by atoms with Gasteiger partial charge < -0.3 is 15.4 Å². The average molecular weight is 487 g/mol. The number of Topliss-reactive ketones (excluding diaryl/α,β-unsaturated/α-hetero) is 1. The van der Waals surface area contributed by atoms with Crippen LogP contribution >= 0.6 is 11.8 Å². The maximum absolute atomic E-state index is 13.3. The second kappa shape index (κ2) is 11.6. The maximum atomic E-state index is 13.3. The van der Waals surface area contributed by atoms with Gasteiger partial charge in [-0.1, -0.05) is 90.6 Å². The second-order valence-corrected chi connectivity index (χ2v) is 9.25. The molecule has 0 aliphatic rings. The lowest BCUT2D eigenvalue weighted by Crippen LogP contribution is -2.43. The average Bonchev–Trinajstić information content (AvgIpc) is 3.31. The molecule has 6 nitrogen and oxygen atoms in total. The number of hydrogen-bond acceptors (Lipinski definition) is 5. The first kappa shape index (κ1) is 24.4. The number of nitrogens with one attached hydrogen (secondary N) is 2. The zero-order valence-electron chi connectivity index (χ0n) is 19.0. The summed E-state index contributed by atoms with van der Waals surface area (Å²) in [6.45, 7) is 0.141. The summed E-state index contributed by atoms with van der Waals surface area (Å²) in [7, 11) is 0. The quantitative estimate of drug-likeness (QED) is 0.263. The molecular formula is C28H26N2O4S. The zero-order valence-corrected chi connectivity index (χ0v) is 19.8. The number of fused-ring (bicyclic) bond motifs is 1. The van der Waals surface area contributed by atoms with E-state index in [4.69, 9.17) is 0 Å². The van der Waals surface area contributed by atoms with Crippen molar-refractivity contribution in [3.63, 3.8) is 0 Å². The molecule has 4 rings (SSSR count). The molecule has 0 aliphatic heterocycles. The molecule has 0 spiro atoms. The van der Waals surface area contributed by atoms with Crippen LogP contribution in [0.1, 0.15) is 26.3 Å². The number of carbonyl (C=O) groups excluding carboxylic acids is 2. The summed E-state index contributed by atoms with van der Waals surface area (Å²) in [5.41, 5.74) is 2.94. The lowest BCUT2D eigenvalue weighted by atomic mass is 9.98. The molecule has 1 unspecified atom stereocenters. The van der Waals surface area contributed by atoms with Crippen LogP contribution in [0.2, 0.25) is 0 Å². The van der Waals surface area contributed by atoms with Crippen LogP contribution in [-0.2, 0) is 11.2 Å². The van der Waals surface area contributed by atoms with Gasteiger partial charge in [-0.2, -0.15) is 0 Å². The van der Waals surface area contributed by atoms with Crippen molar-refractivity contribution in [2.24, 2.45) is 5.92 Å². The van der Waals surface area contributed by atoms with Gasteiger partial charge in [-0.3, -0.25) is 14.4 Å². The van der Waals surface area contributed by atoms with Crippen molar-refractivity contribution < 1.29 is 19.5 Å². The Bertz CT molecular complexity index is 1300. The fraction of sp³-hybridized carbons (Fsp3) is 0.179. The topological polar surface area (TPSA) is 99.3 Å². The van der Waals surface area contributed by atoms with E-state index in [9.17, 15) is 19.5 Å². The molecule has 0 aliphatic carbocycles. The summed E-state index contributed by atoms with van der Waals surface area (Å²) < 4.78 is 0. The number of H-pyrrole nitrogens is 1. The first-order chi connectivity index (χ1) is 17.0. The van der Waals surface area contributed by atoms with Gasteiger partial charge in [0.1, 0.15) is 6.04 Å². The number of carbonyl (C=O) groups is 3. The summed E-state index contributed by atoms with van der Waals surface area (Å²) in [5, 5.41) is 13.8. The first-order valence-corrected chi connectivity index (χ1v) is 12.3. The lowest BCUT2D eigenvalue weighted by molar-refractivity contribution is -0.139. The first-order valence-electron chi connectivity index (χ1n) is 11.4. The van der Waals surface area contributed by atoms with E-state index >= 15 is 0 Å². The van der Waals surface area contributed by atoms with E-state index in [2.05, 4.69) is 10.3 Å². The molecule has 2 atom stereocenters. The van der Waals surface area contributed by atoms with Crippen molar-refractivity contribution in [3.05, 3.63) is 108 Å². The number of ketones is 1. The molecule has 0 fully saturated rings. The smallest absolute Gasteiger partial charge is 0.321 e. The van der Waals surface area contributed by atoms with Crippen molar-refractivity contribution >= 4 is 39.5 Å². The Labute approximate surface area is 207 Å². The van der Waals surface area contributed by atoms with E-state index in [1.54, 1.807) is 48.5 Å². The molecule has 0 amide bonds. The summed E-state index contributed by atoms with van der Waals surface area (Å²) in [6.07, 6.45) is 2.09. The highest BCUT2D eigenvalue weighted by Crippen LogP contribution is 2.21.